The van der Waals surface area contributed by atoms with Crippen molar-refractivity contribution in [1.82, 2.24) is 4.98 Å². The molecule has 2 unspecified atom stereocenters. The van der Waals surface area contributed by atoms with Crippen LogP contribution in [0.5, 0.6) is 0 Å². The van der Waals surface area contributed by atoms with Crippen LogP contribution in [0.15, 0.2) is 18.3 Å². The maximum Gasteiger partial charge on any atom is 0.0670 e. The molecule has 2 aliphatic carbocycles. The first-order valence-corrected chi connectivity index (χ1v) is 7.56. The topological polar surface area (TPSA) is 34.1 Å². The van der Waals surface area contributed by atoms with Gasteiger partial charge in [0.1, 0.15) is 0 Å². The number of aryl methyl sites for hydroxylation is 1. The molecule has 0 radical (unpaired) electrons. The minimum Gasteiger partial charge on any atom is -0.380 e. The van der Waals surface area contributed by atoms with Gasteiger partial charge in [-0.15, -0.1) is 0 Å². The van der Waals surface area contributed by atoms with E-state index >= 15 is 0 Å². The second-order valence-electron chi connectivity index (χ2n) is 5.95. The smallest absolute Gasteiger partial charge is 0.0670 e. The molecule has 1 aromatic rings. The third-order valence-corrected chi connectivity index (χ3v) is 5.02. The third-order valence-electron chi connectivity index (χ3n) is 5.02. The molecule has 0 amide bonds. The molecule has 0 bridgehead atoms. The summed E-state index contributed by atoms with van der Waals surface area (Å²) in [4.78, 5) is 4.37. The minimum absolute atomic E-state index is 0.387. The number of aromatic nitrogens is 1. The Labute approximate surface area is 115 Å². The molecule has 0 saturated heterocycles. The van der Waals surface area contributed by atoms with Gasteiger partial charge in [0.25, 0.3) is 0 Å². The Balaban J connectivity index is 1.74. The van der Waals surface area contributed by atoms with Crippen LogP contribution in [0, 0.1) is 12.3 Å². The van der Waals surface area contributed by atoms with Gasteiger partial charge in [0.15, 0.2) is 0 Å². The normalized spacial score (nSPS) is 28.3. The average Bonchev–Trinajstić information content (AvgIpc) is 2.92. The summed E-state index contributed by atoms with van der Waals surface area (Å²) in [5.41, 5.74) is 2.67. The molecule has 1 N–H and O–H groups in total. The molecule has 0 aromatic carbocycles. The van der Waals surface area contributed by atoms with Gasteiger partial charge in [-0.1, -0.05) is 12.8 Å². The van der Waals surface area contributed by atoms with Crippen molar-refractivity contribution in [2.24, 2.45) is 5.41 Å². The fourth-order valence-corrected chi connectivity index (χ4v) is 3.91. The Bertz CT molecular complexity index is 440. The predicted molar refractivity (Wildman–Crippen MR) is 77.3 cm³/mol. The van der Waals surface area contributed by atoms with E-state index in [0.29, 0.717) is 17.6 Å². The van der Waals surface area contributed by atoms with Crippen molar-refractivity contribution in [3.05, 3.63) is 24.0 Å². The molecule has 2 saturated carbocycles. The molecular weight excluding hydrogens is 236 g/mol. The van der Waals surface area contributed by atoms with Gasteiger partial charge in [-0.25, -0.2) is 0 Å². The highest BCUT2D eigenvalue weighted by Gasteiger charge is 2.56. The third kappa shape index (κ3) is 2.14. The number of ether oxygens (including phenoxy) is 1. The monoisotopic (exact) mass is 260 g/mol. The summed E-state index contributed by atoms with van der Waals surface area (Å²) in [7, 11) is 0. The lowest BCUT2D eigenvalue weighted by Gasteiger charge is -2.54. The molecule has 19 heavy (non-hydrogen) atoms. The number of rotatable bonds is 4. The SMILES string of the molecule is CCOC1CC(Nc2cccnc2C)C12CCCC2. The molecule has 2 aliphatic rings. The van der Waals surface area contributed by atoms with Crippen molar-refractivity contribution in [3.63, 3.8) is 0 Å². The molecule has 3 rings (SSSR count). The summed E-state index contributed by atoms with van der Waals surface area (Å²) in [5.74, 6) is 0. The number of anilines is 1. The van der Waals surface area contributed by atoms with Gasteiger partial charge in [0.05, 0.1) is 17.5 Å². The van der Waals surface area contributed by atoms with Crippen LogP contribution in [0.1, 0.15) is 44.7 Å². The van der Waals surface area contributed by atoms with E-state index < -0.39 is 0 Å². The lowest BCUT2D eigenvalue weighted by atomic mass is 9.60. The first kappa shape index (κ1) is 12.9. The highest BCUT2D eigenvalue weighted by Crippen LogP contribution is 2.55. The van der Waals surface area contributed by atoms with Crippen LogP contribution in [0.3, 0.4) is 0 Å². The second-order valence-corrected chi connectivity index (χ2v) is 5.95. The predicted octanol–water partition coefficient (Wildman–Crippen LogP) is 3.54. The lowest BCUT2D eigenvalue weighted by molar-refractivity contribution is -0.114. The highest BCUT2D eigenvalue weighted by atomic mass is 16.5. The van der Waals surface area contributed by atoms with Crippen LogP contribution < -0.4 is 5.32 Å². The van der Waals surface area contributed by atoms with Crippen LogP contribution in [-0.4, -0.2) is 23.7 Å². The van der Waals surface area contributed by atoms with E-state index in [1.54, 1.807) is 0 Å². The molecule has 1 heterocycles. The van der Waals surface area contributed by atoms with Gasteiger partial charge in [0, 0.05) is 24.3 Å². The molecule has 2 fully saturated rings. The molecule has 1 aromatic heterocycles. The summed E-state index contributed by atoms with van der Waals surface area (Å²) < 4.78 is 5.96. The highest BCUT2D eigenvalue weighted by molar-refractivity contribution is 5.49. The summed E-state index contributed by atoms with van der Waals surface area (Å²) in [6.07, 6.45) is 8.80. The van der Waals surface area contributed by atoms with Gasteiger partial charge in [0.2, 0.25) is 0 Å². The van der Waals surface area contributed by atoms with Crippen molar-refractivity contribution in [3.8, 4) is 0 Å². The minimum atomic E-state index is 0.387. The van der Waals surface area contributed by atoms with E-state index in [9.17, 15) is 0 Å². The van der Waals surface area contributed by atoms with Crippen LogP contribution in [-0.2, 0) is 4.74 Å². The van der Waals surface area contributed by atoms with Gasteiger partial charge in [-0.3, -0.25) is 4.98 Å². The van der Waals surface area contributed by atoms with E-state index in [4.69, 9.17) is 4.74 Å². The molecule has 1 spiro atoms. The zero-order valence-electron chi connectivity index (χ0n) is 12.0. The van der Waals surface area contributed by atoms with Crippen LogP contribution in [0.4, 0.5) is 5.69 Å². The Morgan fingerprint density at radius 2 is 2.21 bits per heavy atom. The van der Waals surface area contributed by atoms with Crippen LogP contribution in [0.25, 0.3) is 0 Å². The van der Waals surface area contributed by atoms with Crippen LogP contribution >= 0.6 is 0 Å². The quantitative estimate of drug-likeness (QED) is 0.899. The molecule has 104 valence electrons. The number of hydrogen-bond acceptors (Lipinski definition) is 3. The maximum atomic E-state index is 5.96. The van der Waals surface area contributed by atoms with Crippen molar-refractivity contribution in [2.45, 2.75) is 58.1 Å². The maximum absolute atomic E-state index is 5.96. The zero-order chi connectivity index (χ0) is 13.3. The molecular formula is C16H24N2O. The fourth-order valence-electron chi connectivity index (χ4n) is 3.91. The zero-order valence-corrected chi connectivity index (χ0v) is 12.0. The summed E-state index contributed by atoms with van der Waals surface area (Å²) in [6.45, 7) is 5.02. The Morgan fingerprint density at radius 1 is 1.42 bits per heavy atom. The lowest BCUT2D eigenvalue weighted by Crippen LogP contribution is -2.60. The van der Waals surface area contributed by atoms with E-state index in [1.165, 1.54) is 31.4 Å². The van der Waals surface area contributed by atoms with E-state index in [2.05, 4.69) is 30.2 Å². The molecule has 3 nitrogen and oxygen atoms in total. The molecule has 2 atom stereocenters. The van der Waals surface area contributed by atoms with Gasteiger partial charge in [-0.05, 0) is 45.2 Å². The van der Waals surface area contributed by atoms with Crippen molar-refractivity contribution in [2.75, 3.05) is 11.9 Å². The van der Waals surface area contributed by atoms with E-state index in [0.717, 1.165) is 18.7 Å². The van der Waals surface area contributed by atoms with Crippen molar-refractivity contribution in [1.29, 1.82) is 0 Å². The van der Waals surface area contributed by atoms with Crippen molar-refractivity contribution >= 4 is 5.69 Å². The fraction of sp³-hybridized carbons (Fsp3) is 0.688. The Kier molecular flexibility index (Phi) is 3.48. The standard InChI is InChI=1S/C16H24N2O/c1-3-19-15-11-14(16(15)8-4-5-9-16)18-13-7-6-10-17-12(13)2/h6-7,10,14-15,18H,3-5,8-9,11H2,1-2H3. The first-order chi connectivity index (χ1) is 9.26. The van der Waals surface area contributed by atoms with Crippen molar-refractivity contribution < 1.29 is 4.74 Å². The number of hydrogen-bond donors (Lipinski definition) is 1. The second kappa shape index (κ2) is 5.12. The Morgan fingerprint density at radius 3 is 2.89 bits per heavy atom. The van der Waals surface area contributed by atoms with E-state index in [-0.39, 0.29) is 0 Å². The summed E-state index contributed by atoms with van der Waals surface area (Å²) in [5, 5.41) is 3.73. The molecule has 0 aliphatic heterocycles. The first-order valence-electron chi connectivity index (χ1n) is 7.56. The van der Waals surface area contributed by atoms with Gasteiger partial charge in [-0.2, -0.15) is 0 Å². The largest absolute Gasteiger partial charge is 0.380 e. The summed E-state index contributed by atoms with van der Waals surface area (Å²) in [6, 6.07) is 4.71. The Hall–Kier alpha value is -1.09. The summed E-state index contributed by atoms with van der Waals surface area (Å²) >= 11 is 0. The average molecular weight is 260 g/mol. The van der Waals surface area contributed by atoms with Crippen LogP contribution in [0.2, 0.25) is 0 Å². The molecule has 3 heteroatoms. The number of nitrogens with one attached hydrogen (secondary N) is 1. The number of nitrogens with zero attached hydrogens (tertiary/aromatic N) is 1. The number of pyridine rings is 1. The van der Waals surface area contributed by atoms with Gasteiger partial charge < -0.3 is 10.1 Å². The van der Waals surface area contributed by atoms with Gasteiger partial charge >= 0.3 is 0 Å². The van der Waals surface area contributed by atoms with E-state index in [1.807, 2.05) is 12.3 Å².